The average molecular weight is 477 g/mol. The maximum Gasteiger partial charge on any atom is 0.251 e. The summed E-state index contributed by atoms with van der Waals surface area (Å²) in [5.74, 6) is 1.38. The van der Waals surface area contributed by atoms with Crippen molar-refractivity contribution in [2.24, 2.45) is 5.92 Å². The summed E-state index contributed by atoms with van der Waals surface area (Å²) in [6.07, 6.45) is 6.15. The van der Waals surface area contributed by atoms with Crippen molar-refractivity contribution in [3.8, 4) is 11.3 Å². The van der Waals surface area contributed by atoms with Gasteiger partial charge in [0.2, 0.25) is 0 Å². The van der Waals surface area contributed by atoms with Gasteiger partial charge in [-0.25, -0.2) is 9.50 Å². The van der Waals surface area contributed by atoms with Gasteiger partial charge in [-0.05, 0) is 77.0 Å². The number of hydrogen-bond donors (Lipinski definition) is 3. The van der Waals surface area contributed by atoms with Crippen molar-refractivity contribution in [3.05, 3.63) is 41.6 Å². The van der Waals surface area contributed by atoms with Gasteiger partial charge in [-0.2, -0.15) is 0 Å². The quantitative estimate of drug-likeness (QED) is 0.460. The summed E-state index contributed by atoms with van der Waals surface area (Å²) in [4.78, 5) is 17.3. The Morgan fingerprint density at radius 2 is 1.91 bits per heavy atom. The SMILES string of the molecule is Cc1cc(-c2cnc3c(NCC4CCOCC4)cc(NC(C)(C)C)nn23)ccc1C(=O)NC1CC1. The number of aromatic nitrogens is 3. The molecule has 5 rings (SSSR count). The molecule has 2 aliphatic rings. The fourth-order valence-corrected chi connectivity index (χ4v) is 4.51. The number of nitrogens with one attached hydrogen (secondary N) is 3. The maximum atomic E-state index is 12.6. The van der Waals surface area contributed by atoms with Crippen LogP contribution in [0.2, 0.25) is 0 Å². The molecule has 35 heavy (non-hydrogen) atoms. The van der Waals surface area contributed by atoms with Gasteiger partial charge in [0.1, 0.15) is 5.82 Å². The first-order chi connectivity index (χ1) is 16.8. The van der Waals surface area contributed by atoms with Gasteiger partial charge in [-0.15, -0.1) is 5.10 Å². The molecule has 1 aromatic carbocycles. The molecule has 0 unspecified atom stereocenters. The molecule has 0 spiro atoms. The highest BCUT2D eigenvalue weighted by atomic mass is 16.5. The number of nitrogens with zero attached hydrogens (tertiary/aromatic N) is 3. The lowest BCUT2D eigenvalue weighted by atomic mass is 10.0. The van der Waals surface area contributed by atoms with Crippen LogP contribution in [0.3, 0.4) is 0 Å². The Morgan fingerprint density at radius 1 is 1.14 bits per heavy atom. The molecule has 1 saturated carbocycles. The zero-order valence-electron chi connectivity index (χ0n) is 21.1. The highest BCUT2D eigenvalue weighted by Crippen LogP contribution is 2.29. The molecule has 1 saturated heterocycles. The molecule has 8 nitrogen and oxygen atoms in total. The van der Waals surface area contributed by atoms with E-state index in [2.05, 4.69) is 36.7 Å². The van der Waals surface area contributed by atoms with Crippen molar-refractivity contribution in [3.63, 3.8) is 0 Å². The highest BCUT2D eigenvalue weighted by Gasteiger charge is 2.25. The monoisotopic (exact) mass is 476 g/mol. The Bertz CT molecular complexity index is 1220. The molecule has 2 fully saturated rings. The van der Waals surface area contributed by atoms with Gasteiger partial charge in [0.15, 0.2) is 5.65 Å². The summed E-state index contributed by atoms with van der Waals surface area (Å²) in [6, 6.07) is 8.33. The Balaban J connectivity index is 1.47. The first kappa shape index (κ1) is 23.6. The Hall–Kier alpha value is -3.13. The van der Waals surface area contributed by atoms with Crippen molar-refractivity contribution in [1.29, 1.82) is 0 Å². The van der Waals surface area contributed by atoms with Gasteiger partial charge in [0.25, 0.3) is 5.91 Å². The lowest BCUT2D eigenvalue weighted by molar-refractivity contribution is 0.0699. The van der Waals surface area contributed by atoms with Crippen molar-refractivity contribution < 1.29 is 9.53 Å². The fourth-order valence-electron chi connectivity index (χ4n) is 4.51. The fraction of sp³-hybridized carbons (Fsp3) is 0.519. The molecule has 186 valence electrons. The van der Waals surface area contributed by atoms with Crippen LogP contribution in [0.1, 0.15) is 62.4 Å². The van der Waals surface area contributed by atoms with Crippen molar-refractivity contribution in [2.75, 3.05) is 30.4 Å². The first-order valence-electron chi connectivity index (χ1n) is 12.7. The molecule has 1 aliphatic carbocycles. The number of carbonyl (C=O) groups is 1. The highest BCUT2D eigenvalue weighted by molar-refractivity contribution is 5.96. The number of rotatable bonds is 7. The first-order valence-corrected chi connectivity index (χ1v) is 12.7. The van der Waals surface area contributed by atoms with Gasteiger partial charge >= 0.3 is 0 Å². The van der Waals surface area contributed by atoms with E-state index in [9.17, 15) is 4.79 Å². The minimum atomic E-state index is -0.132. The standard InChI is InChI=1S/C27H36N6O2/c1-17-13-19(5-8-21(17)26(34)30-20-6-7-20)23-16-29-25-22(28-15-18-9-11-35-12-10-18)14-24(32-33(23)25)31-27(2,3)4/h5,8,13-14,16,18,20,28H,6-7,9-12,15H2,1-4H3,(H,30,34)(H,31,32). The third-order valence-corrected chi connectivity index (χ3v) is 6.57. The number of hydrogen-bond acceptors (Lipinski definition) is 6. The second kappa shape index (κ2) is 9.49. The summed E-state index contributed by atoms with van der Waals surface area (Å²) in [5.41, 5.74) is 5.15. The number of anilines is 2. The topological polar surface area (TPSA) is 92.6 Å². The lowest BCUT2D eigenvalue weighted by Crippen LogP contribution is -2.27. The summed E-state index contributed by atoms with van der Waals surface area (Å²) in [7, 11) is 0. The third kappa shape index (κ3) is 5.59. The number of carbonyl (C=O) groups excluding carboxylic acids is 1. The van der Waals surface area contributed by atoms with Gasteiger partial charge < -0.3 is 20.7 Å². The molecule has 1 amide bonds. The summed E-state index contributed by atoms with van der Waals surface area (Å²) in [6.45, 7) is 10.9. The van der Waals surface area contributed by atoms with E-state index in [0.717, 1.165) is 85.0 Å². The van der Waals surface area contributed by atoms with Crippen molar-refractivity contribution in [2.45, 2.75) is 65.0 Å². The normalized spacial score (nSPS) is 16.9. The maximum absolute atomic E-state index is 12.6. The predicted molar refractivity (Wildman–Crippen MR) is 139 cm³/mol. The van der Waals surface area contributed by atoms with E-state index in [1.165, 1.54) is 0 Å². The van der Waals surface area contributed by atoms with Crippen LogP contribution in [0.4, 0.5) is 11.5 Å². The van der Waals surface area contributed by atoms with E-state index >= 15 is 0 Å². The van der Waals surface area contributed by atoms with E-state index in [-0.39, 0.29) is 11.4 Å². The van der Waals surface area contributed by atoms with E-state index in [0.29, 0.717) is 12.0 Å². The van der Waals surface area contributed by atoms with E-state index < -0.39 is 0 Å². The lowest BCUT2D eigenvalue weighted by Gasteiger charge is -2.24. The number of amides is 1. The van der Waals surface area contributed by atoms with E-state index in [1.54, 1.807) is 0 Å². The molecule has 0 atom stereocenters. The zero-order chi connectivity index (χ0) is 24.6. The summed E-state index contributed by atoms with van der Waals surface area (Å²) in [5, 5.41) is 15.1. The smallest absolute Gasteiger partial charge is 0.251 e. The van der Waals surface area contributed by atoms with Crippen LogP contribution in [0, 0.1) is 12.8 Å². The number of imidazole rings is 1. The minimum Gasteiger partial charge on any atom is -0.382 e. The molecular weight excluding hydrogens is 440 g/mol. The predicted octanol–water partition coefficient (Wildman–Crippen LogP) is 4.65. The van der Waals surface area contributed by atoms with E-state index in [4.69, 9.17) is 14.8 Å². The second-order valence-corrected chi connectivity index (χ2v) is 10.9. The van der Waals surface area contributed by atoms with Gasteiger partial charge in [-0.3, -0.25) is 4.79 Å². The number of ether oxygens (including phenoxy) is 1. The zero-order valence-corrected chi connectivity index (χ0v) is 21.1. The van der Waals surface area contributed by atoms with Gasteiger partial charge in [-0.1, -0.05) is 6.07 Å². The van der Waals surface area contributed by atoms with E-state index in [1.807, 2.05) is 41.9 Å². The van der Waals surface area contributed by atoms with Crippen molar-refractivity contribution >= 4 is 23.1 Å². The second-order valence-electron chi connectivity index (χ2n) is 10.9. The molecule has 8 heteroatoms. The number of fused-ring (bicyclic) bond motifs is 1. The Labute approximate surface area is 206 Å². The molecule has 2 aromatic heterocycles. The van der Waals surface area contributed by atoms with Crippen LogP contribution in [0.15, 0.2) is 30.5 Å². The molecule has 3 heterocycles. The van der Waals surface area contributed by atoms with Crippen LogP contribution in [-0.2, 0) is 4.74 Å². The molecule has 0 bridgehead atoms. The Kier molecular flexibility index (Phi) is 6.40. The number of aryl methyl sites for hydroxylation is 1. The molecule has 1 aliphatic heterocycles. The largest absolute Gasteiger partial charge is 0.382 e. The average Bonchev–Trinajstić information content (AvgIpc) is 3.52. The number of benzene rings is 1. The molecule has 0 radical (unpaired) electrons. The van der Waals surface area contributed by atoms with Crippen molar-refractivity contribution in [1.82, 2.24) is 19.9 Å². The molecule has 3 N–H and O–H groups in total. The minimum absolute atomic E-state index is 0.00378. The van der Waals surface area contributed by atoms with Crippen LogP contribution >= 0.6 is 0 Å². The van der Waals surface area contributed by atoms with Crippen LogP contribution in [0.25, 0.3) is 16.9 Å². The van der Waals surface area contributed by atoms with Gasteiger partial charge in [0.05, 0.1) is 17.6 Å². The van der Waals surface area contributed by atoms with Crippen LogP contribution in [-0.4, -0.2) is 51.8 Å². The van der Waals surface area contributed by atoms with Crippen LogP contribution < -0.4 is 16.0 Å². The van der Waals surface area contributed by atoms with Gasteiger partial charge in [0, 0.05) is 48.5 Å². The third-order valence-electron chi connectivity index (χ3n) is 6.57. The van der Waals surface area contributed by atoms with Crippen LogP contribution in [0.5, 0.6) is 0 Å². The Morgan fingerprint density at radius 3 is 2.60 bits per heavy atom. The summed E-state index contributed by atoms with van der Waals surface area (Å²) < 4.78 is 7.42. The molecule has 3 aromatic rings. The summed E-state index contributed by atoms with van der Waals surface area (Å²) >= 11 is 0. The molecular formula is C27H36N6O2.